The number of rotatable bonds is 5. The molecular weight excluding hydrogens is 554 g/mol. The van der Waals surface area contributed by atoms with E-state index >= 15 is 0 Å². The van der Waals surface area contributed by atoms with Gasteiger partial charge >= 0.3 is 0 Å². The van der Waals surface area contributed by atoms with Gasteiger partial charge in [-0.25, -0.2) is 0 Å². The summed E-state index contributed by atoms with van der Waals surface area (Å²) in [7, 11) is 4.23. The van der Waals surface area contributed by atoms with Gasteiger partial charge in [0, 0.05) is 60.1 Å². The molecule has 0 N–H and O–H groups in total. The van der Waals surface area contributed by atoms with Crippen LogP contribution in [0.1, 0.15) is 38.8 Å². The second-order valence-corrected chi connectivity index (χ2v) is 12.7. The molecule has 5 aromatic rings. The number of hydrogen-bond donors (Lipinski definition) is 0. The molecule has 0 unspecified atom stereocenters. The van der Waals surface area contributed by atoms with Gasteiger partial charge in [-0.3, -0.25) is 9.98 Å². The lowest BCUT2D eigenvalue weighted by Gasteiger charge is -2.23. The van der Waals surface area contributed by atoms with Crippen LogP contribution >= 0.6 is 0 Å². The SMILES string of the molecule is CN1/C(=C\C=Nc2ccc(-n3nc4ccc(N=C/C=C5\N(C)c6ccccc6C5(C)C)cc4n3)cc2)C(C)(C)c2ccccc21. The van der Waals surface area contributed by atoms with Gasteiger partial charge in [-0.2, -0.15) is 4.80 Å². The number of aliphatic imine (C=N–C) groups is 2. The van der Waals surface area contributed by atoms with Crippen LogP contribution in [0.4, 0.5) is 22.7 Å². The van der Waals surface area contributed by atoms with Crippen LogP contribution in [-0.2, 0) is 10.8 Å². The maximum Gasteiger partial charge on any atom is 0.115 e. The topological polar surface area (TPSA) is 61.9 Å². The number of hydrogen-bond acceptors (Lipinski definition) is 6. The number of aromatic nitrogens is 3. The minimum absolute atomic E-state index is 0.0758. The van der Waals surface area contributed by atoms with E-state index in [9.17, 15) is 0 Å². The van der Waals surface area contributed by atoms with Gasteiger partial charge in [-0.15, -0.1) is 10.2 Å². The number of likely N-dealkylation sites (N-methyl/N-ethyl adjacent to an activating group) is 2. The van der Waals surface area contributed by atoms with Crippen molar-refractivity contribution in [2.24, 2.45) is 9.98 Å². The van der Waals surface area contributed by atoms with Crippen molar-refractivity contribution in [3.05, 3.63) is 126 Å². The van der Waals surface area contributed by atoms with Gasteiger partial charge in [-0.05, 0) is 77.9 Å². The van der Waals surface area contributed by atoms with Crippen molar-refractivity contribution in [1.29, 1.82) is 0 Å². The maximum absolute atomic E-state index is 4.73. The summed E-state index contributed by atoms with van der Waals surface area (Å²) in [5, 5.41) is 9.42. The summed E-state index contributed by atoms with van der Waals surface area (Å²) in [5.74, 6) is 0. The molecule has 0 radical (unpaired) electrons. The van der Waals surface area contributed by atoms with E-state index in [4.69, 9.17) is 15.1 Å². The van der Waals surface area contributed by atoms with Gasteiger partial charge in [0.15, 0.2) is 0 Å². The molecule has 45 heavy (non-hydrogen) atoms. The van der Waals surface area contributed by atoms with E-state index in [2.05, 4.69) is 117 Å². The second kappa shape index (κ2) is 10.7. The average Bonchev–Trinajstić information content (AvgIpc) is 3.61. The molecule has 7 nitrogen and oxygen atoms in total. The van der Waals surface area contributed by atoms with Crippen LogP contribution in [-0.4, -0.2) is 41.5 Å². The van der Waals surface area contributed by atoms with Crippen molar-refractivity contribution in [3.63, 3.8) is 0 Å². The molecule has 7 rings (SSSR count). The van der Waals surface area contributed by atoms with E-state index in [-0.39, 0.29) is 10.8 Å². The largest absolute Gasteiger partial charge is 0.347 e. The van der Waals surface area contributed by atoms with Gasteiger partial charge in [0.1, 0.15) is 11.0 Å². The summed E-state index contributed by atoms with van der Waals surface area (Å²) < 4.78 is 0. The van der Waals surface area contributed by atoms with Crippen LogP contribution in [0, 0.1) is 0 Å². The van der Waals surface area contributed by atoms with Gasteiger partial charge in [-0.1, -0.05) is 64.1 Å². The molecule has 0 aliphatic carbocycles. The van der Waals surface area contributed by atoms with Gasteiger partial charge < -0.3 is 9.80 Å². The third-order valence-electron chi connectivity index (χ3n) is 9.24. The first-order chi connectivity index (χ1) is 21.6. The molecule has 224 valence electrons. The van der Waals surface area contributed by atoms with E-state index in [0.717, 1.165) is 28.1 Å². The Labute approximate surface area is 264 Å². The first kappa shape index (κ1) is 28.5. The molecule has 0 fully saturated rings. The molecule has 0 atom stereocenters. The van der Waals surface area contributed by atoms with E-state index in [0.29, 0.717) is 0 Å². The van der Waals surface area contributed by atoms with Crippen LogP contribution in [0.25, 0.3) is 16.7 Å². The van der Waals surface area contributed by atoms with E-state index in [1.165, 1.54) is 33.9 Å². The quantitative estimate of drug-likeness (QED) is 0.192. The lowest BCUT2D eigenvalue weighted by Crippen LogP contribution is -2.23. The van der Waals surface area contributed by atoms with Crippen molar-refractivity contribution >= 4 is 46.2 Å². The molecule has 0 spiro atoms. The standard InChI is InChI=1S/C38H37N7/c1-37(2)29-11-7-9-13-33(29)43(5)35(37)21-23-39-26-15-18-28(19-16-26)45-41-31-20-17-27(25-32(31)42-45)40-24-22-36-38(3,4)30-12-8-10-14-34(30)44(36)6/h7-25H,1-6H3/b35-21-,36-22-,39-23?,40-24?. The summed E-state index contributed by atoms with van der Waals surface area (Å²) in [5.41, 5.74) is 11.6. The van der Waals surface area contributed by atoms with Crippen LogP contribution in [0.2, 0.25) is 0 Å². The zero-order valence-corrected chi connectivity index (χ0v) is 26.6. The van der Waals surface area contributed by atoms with Crippen LogP contribution in [0.15, 0.2) is 125 Å². The van der Waals surface area contributed by atoms with Crippen LogP contribution in [0.3, 0.4) is 0 Å². The third kappa shape index (κ3) is 4.85. The molecule has 0 saturated heterocycles. The summed E-state index contributed by atoms with van der Waals surface area (Å²) in [4.78, 5) is 15.6. The van der Waals surface area contributed by atoms with Crippen molar-refractivity contribution < 1.29 is 0 Å². The molecule has 0 saturated carbocycles. The normalized spacial score (nSPS) is 18.6. The Bertz CT molecular complexity index is 2040. The molecule has 2 aliphatic heterocycles. The molecule has 2 aliphatic rings. The highest BCUT2D eigenvalue weighted by Crippen LogP contribution is 2.47. The van der Waals surface area contributed by atoms with Gasteiger partial charge in [0.25, 0.3) is 0 Å². The third-order valence-corrected chi connectivity index (χ3v) is 9.24. The fourth-order valence-electron chi connectivity index (χ4n) is 6.76. The highest BCUT2D eigenvalue weighted by molar-refractivity contribution is 5.84. The van der Waals surface area contributed by atoms with Crippen molar-refractivity contribution in [2.45, 2.75) is 38.5 Å². The Balaban J connectivity index is 1.06. The maximum atomic E-state index is 4.73. The smallest absolute Gasteiger partial charge is 0.115 e. The first-order valence-electron chi connectivity index (χ1n) is 15.3. The van der Waals surface area contributed by atoms with E-state index in [1.54, 1.807) is 4.80 Å². The predicted molar refractivity (Wildman–Crippen MR) is 187 cm³/mol. The van der Waals surface area contributed by atoms with Crippen LogP contribution in [0.5, 0.6) is 0 Å². The van der Waals surface area contributed by atoms with Crippen molar-refractivity contribution in [3.8, 4) is 5.69 Å². The molecule has 4 aromatic carbocycles. The zero-order valence-electron chi connectivity index (χ0n) is 26.6. The molecule has 3 heterocycles. The molecular formula is C38H37N7. The Hall–Kier alpha value is -5.30. The number of benzene rings is 4. The summed E-state index contributed by atoms with van der Waals surface area (Å²) >= 11 is 0. The molecule has 0 amide bonds. The number of allylic oxidation sites excluding steroid dienone is 4. The van der Waals surface area contributed by atoms with Crippen molar-refractivity contribution in [1.82, 2.24) is 15.0 Å². The lowest BCUT2D eigenvalue weighted by atomic mass is 9.84. The Morgan fingerprint density at radius 1 is 0.578 bits per heavy atom. The van der Waals surface area contributed by atoms with E-state index < -0.39 is 0 Å². The summed E-state index contributed by atoms with van der Waals surface area (Å²) in [6.07, 6.45) is 7.98. The first-order valence-corrected chi connectivity index (χ1v) is 15.3. The summed E-state index contributed by atoms with van der Waals surface area (Å²) in [6, 6.07) is 31.0. The average molecular weight is 592 g/mol. The van der Waals surface area contributed by atoms with Gasteiger partial charge in [0.05, 0.1) is 17.1 Å². The number of para-hydroxylation sites is 2. The zero-order chi connectivity index (χ0) is 31.3. The van der Waals surface area contributed by atoms with E-state index in [1.807, 2.05) is 54.9 Å². The molecule has 0 bridgehead atoms. The Morgan fingerprint density at radius 2 is 1.07 bits per heavy atom. The molecule has 1 aromatic heterocycles. The predicted octanol–water partition coefficient (Wildman–Crippen LogP) is 8.45. The highest BCUT2D eigenvalue weighted by atomic mass is 15.5. The fraction of sp³-hybridized carbons (Fsp3) is 0.211. The number of fused-ring (bicyclic) bond motifs is 3. The highest BCUT2D eigenvalue weighted by Gasteiger charge is 2.38. The second-order valence-electron chi connectivity index (χ2n) is 12.7. The Morgan fingerprint density at radius 3 is 1.62 bits per heavy atom. The lowest BCUT2D eigenvalue weighted by molar-refractivity contribution is 0.641. The summed E-state index contributed by atoms with van der Waals surface area (Å²) in [6.45, 7) is 9.02. The minimum atomic E-state index is -0.0850. The van der Waals surface area contributed by atoms with Crippen LogP contribution < -0.4 is 9.80 Å². The monoisotopic (exact) mass is 591 g/mol. The Kier molecular flexibility index (Phi) is 6.77. The number of nitrogens with zero attached hydrogens (tertiary/aromatic N) is 7. The minimum Gasteiger partial charge on any atom is -0.347 e. The van der Waals surface area contributed by atoms with Crippen molar-refractivity contribution in [2.75, 3.05) is 23.9 Å². The fourth-order valence-corrected chi connectivity index (χ4v) is 6.76. The van der Waals surface area contributed by atoms with Gasteiger partial charge in [0.2, 0.25) is 0 Å². The molecule has 7 heteroatoms. The number of anilines is 2.